The molecule has 2 N–H and O–H groups in total. The number of nitrogens with zero attached hydrogens (tertiary/aromatic N) is 3. The summed E-state index contributed by atoms with van der Waals surface area (Å²) in [4.78, 5) is 8.60. The zero-order chi connectivity index (χ0) is 9.03. The Morgan fingerprint density at radius 1 is 1.58 bits per heavy atom. The quantitative estimate of drug-likeness (QED) is 0.661. The number of rotatable bonds is 4. The Morgan fingerprint density at radius 2 is 2.33 bits per heavy atom. The molecule has 0 atom stereocenters. The van der Waals surface area contributed by atoms with Crippen LogP contribution in [0.15, 0.2) is 12.7 Å². The van der Waals surface area contributed by atoms with E-state index >= 15 is 0 Å². The van der Waals surface area contributed by atoms with Gasteiger partial charge in [0.1, 0.15) is 12.7 Å². The average molecular weight is 170 g/mol. The Hall–Kier alpha value is -0.940. The van der Waals surface area contributed by atoms with Crippen LogP contribution in [0.5, 0.6) is 0 Å². The lowest BCUT2D eigenvalue weighted by molar-refractivity contribution is -0.0286. The minimum atomic E-state index is -0.300. The van der Waals surface area contributed by atoms with Gasteiger partial charge in [0, 0.05) is 6.54 Å². The Labute approximate surface area is 71.5 Å². The van der Waals surface area contributed by atoms with Gasteiger partial charge >= 0.3 is 0 Å². The molecule has 5 nitrogen and oxygen atoms in total. The number of aromatic nitrogens is 3. The molecule has 0 unspecified atom stereocenters. The summed E-state index contributed by atoms with van der Waals surface area (Å²) in [5.74, 6) is 5.10. The largest absolute Gasteiger partial charge is 0.299 e. The van der Waals surface area contributed by atoms with Crippen LogP contribution >= 0.6 is 0 Å². The highest BCUT2D eigenvalue weighted by molar-refractivity contribution is 4.67. The van der Waals surface area contributed by atoms with Gasteiger partial charge < -0.3 is 0 Å². The predicted molar refractivity (Wildman–Crippen MR) is 44.0 cm³/mol. The number of aryl methyl sites for hydroxylation is 1. The minimum Gasteiger partial charge on any atom is -0.299 e. The zero-order valence-corrected chi connectivity index (χ0v) is 7.40. The van der Waals surface area contributed by atoms with E-state index in [2.05, 4.69) is 10.1 Å². The van der Waals surface area contributed by atoms with Gasteiger partial charge in [-0.15, -0.1) is 0 Å². The third kappa shape index (κ3) is 2.60. The molecule has 1 aromatic heterocycles. The van der Waals surface area contributed by atoms with Crippen molar-refractivity contribution in [1.29, 1.82) is 0 Å². The molecular weight excluding hydrogens is 156 g/mol. The smallest absolute Gasteiger partial charge is 0.137 e. The van der Waals surface area contributed by atoms with Crippen molar-refractivity contribution in [3.8, 4) is 0 Å². The summed E-state index contributed by atoms with van der Waals surface area (Å²) < 4.78 is 1.75. The van der Waals surface area contributed by atoms with Crippen molar-refractivity contribution in [3.63, 3.8) is 0 Å². The van der Waals surface area contributed by atoms with E-state index in [-0.39, 0.29) is 5.60 Å². The zero-order valence-electron chi connectivity index (χ0n) is 7.40. The molecule has 1 aromatic rings. The lowest BCUT2D eigenvalue weighted by Crippen LogP contribution is -2.29. The summed E-state index contributed by atoms with van der Waals surface area (Å²) in [6.45, 7) is 4.64. The van der Waals surface area contributed by atoms with Gasteiger partial charge in [-0.2, -0.15) is 5.10 Å². The van der Waals surface area contributed by atoms with E-state index in [0.29, 0.717) is 0 Å². The first-order valence-corrected chi connectivity index (χ1v) is 3.84. The van der Waals surface area contributed by atoms with Crippen molar-refractivity contribution < 1.29 is 4.84 Å². The van der Waals surface area contributed by atoms with Gasteiger partial charge in [-0.25, -0.2) is 10.9 Å². The van der Waals surface area contributed by atoms with Crippen LogP contribution in [-0.2, 0) is 11.4 Å². The number of hydrogen-bond acceptors (Lipinski definition) is 4. The second kappa shape index (κ2) is 3.64. The fourth-order valence-corrected chi connectivity index (χ4v) is 0.791. The van der Waals surface area contributed by atoms with E-state index in [1.807, 2.05) is 13.8 Å². The second-order valence-corrected chi connectivity index (χ2v) is 3.29. The van der Waals surface area contributed by atoms with Gasteiger partial charge in [0.15, 0.2) is 0 Å². The summed E-state index contributed by atoms with van der Waals surface area (Å²) in [7, 11) is 0. The standard InChI is InChI=1S/C7H14N4O/c1-7(2,12-8)3-4-11-6-9-5-10-11/h5-6H,3-4,8H2,1-2H3. The number of hydrogen-bond donors (Lipinski definition) is 1. The van der Waals surface area contributed by atoms with Gasteiger partial charge in [0.25, 0.3) is 0 Å². The van der Waals surface area contributed by atoms with Crippen LogP contribution < -0.4 is 5.90 Å². The predicted octanol–water partition coefficient (Wildman–Crippen LogP) is 0.337. The lowest BCUT2D eigenvalue weighted by Gasteiger charge is -2.20. The van der Waals surface area contributed by atoms with Crippen molar-refractivity contribution in [2.45, 2.75) is 32.4 Å². The molecule has 68 valence electrons. The molecular formula is C7H14N4O. The molecule has 0 amide bonds. The van der Waals surface area contributed by atoms with Gasteiger partial charge in [0.05, 0.1) is 5.60 Å². The maximum absolute atomic E-state index is 5.10. The highest BCUT2D eigenvalue weighted by atomic mass is 16.6. The summed E-state index contributed by atoms with van der Waals surface area (Å²) in [5.41, 5.74) is -0.300. The molecule has 1 rings (SSSR count). The topological polar surface area (TPSA) is 66.0 Å². The van der Waals surface area contributed by atoms with Crippen molar-refractivity contribution >= 4 is 0 Å². The maximum atomic E-state index is 5.10. The third-order valence-electron chi connectivity index (χ3n) is 1.73. The van der Waals surface area contributed by atoms with Gasteiger partial charge in [0.2, 0.25) is 0 Å². The van der Waals surface area contributed by atoms with E-state index < -0.39 is 0 Å². The monoisotopic (exact) mass is 170 g/mol. The number of nitrogens with two attached hydrogens (primary N) is 1. The molecule has 0 aliphatic heterocycles. The first-order valence-electron chi connectivity index (χ1n) is 3.84. The first-order chi connectivity index (χ1) is 5.64. The molecule has 0 aliphatic rings. The highest BCUT2D eigenvalue weighted by Crippen LogP contribution is 2.11. The maximum Gasteiger partial charge on any atom is 0.137 e. The molecule has 0 spiro atoms. The molecule has 0 aliphatic carbocycles. The fourth-order valence-electron chi connectivity index (χ4n) is 0.791. The van der Waals surface area contributed by atoms with Crippen molar-refractivity contribution in [3.05, 3.63) is 12.7 Å². The van der Waals surface area contributed by atoms with E-state index in [1.165, 1.54) is 6.33 Å². The lowest BCUT2D eigenvalue weighted by atomic mass is 10.1. The van der Waals surface area contributed by atoms with E-state index in [4.69, 9.17) is 10.7 Å². The van der Waals surface area contributed by atoms with Gasteiger partial charge in [-0.05, 0) is 20.3 Å². The molecule has 5 heteroatoms. The van der Waals surface area contributed by atoms with Crippen LogP contribution in [0, 0.1) is 0 Å². The highest BCUT2D eigenvalue weighted by Gasteiger charge is 2.16. The summed E-state index contributed by atoms with van der Waals surface area (Å²) in [6, 6.07) is 0. The summed E-state index contributed by atoms with van der Waals surface area (Å²) in [6.07, 6.45) is 4.00. The van der Waals surface area contributed by atoms with E-state index in [0.717, 1.165) is 13.0 Å². The van der Waals surface area contributed by atoms with E-state index in [9.17, 15) is 0 Å². The average Bonchev–Trinajstić information content (AvgIpc) is 2.53. The van der Waals surface area contributed by atoms with Crippen LogP contribution in [0.1, 0.15) is 20.3 Å². The van der Waals surface area contributed by atoms with Crippen molar-refractivity contribution in [2.75, 3.05) is 0 Å². The Balaban J connectivity index is 2.36. The SMILES string of the molecule is CC(C)(CCn1cncn1)ON. The molecule has 0 aromatic carbocycles. The van der Waals surface area contributed by atoms with Gasteiger partial charge in [-0.3, -0.25) is 9.52 Å². The van der Waals surface area contributed by atoms with Crippen LogP contribution in [-0.4, -0.2) is 20.4 Å². The molecule has 0 fully saturated rings. The summed E-state index contributed by atoms with van der Waals surface area (Å²) in [5, 5.41) is 3.96. The fraction of sp³-hybridized carbons (Fsp3) is 0.714. The minimum absolute atomic E-state index is 0.300. The van der Waals surface area contributed by atoms with Crippen LogP contribution in [0.25, 0.3) is 0 Å². The first kappa shape index (κ1) is 9.15. The Morgan fingerprint density at radius 3 is 2.83 bits per heavy atom. The van der Waals surface area contributed by atoms with Crippen LogP contribution in [0.3, 0.4) is 0 Å². The Kier molecular flexibility index (Phi) is 2.78. The third-order valence-corrected chi connectivity index (χ3v) is 1.73. The molecule has 0 saturated heterocycles. The molecule has 12 heavy (non-hydrogen) atoms. The molecule has 0 radical (unpaired) electrons. The van der Waals surface area contributed by atoms with E-state index in [1.54, 1.807) is 11.0 Å². The van der Waals surface area contributed by atoms with Crippen LogP contribution in [0.4, 0.5) is 0 Å². The van der Waals surface area contributed by atoms with Crippen molar-refractivity contribution in [2.24, 2.45) is 5.90 Å². The molecule has 0 saturated carbocycles. The van der Waals surface area contributed by atoms with Crippen molar-refractivity contribution in [1.82, 2.24) is 14.8 Å². The normalized spacial score (nSPS) is 11.9. The Bertz CT molecular complexity index is 219. The van der Waals surface area contributed by atoms with Crippen LogP contribution in [0.2, 0.25) is 0 Å². The van der Waals surface area contributed by atoms with Gasteiger partial charge in [-0.1, -0.05) is 0 Å². The molecule has 0 bridgehead atoms. The summed E-state index contributed by atoms with van der Waals surface area (Å²) >= 11 is 0. The second-order valence-electron chi connectivity index (χ2n) is 3.29. The molecule has 1 heterocycles.